The first-order chi connectivity index (χ1) is 9.06. The number of ether oxygens (including phenoxy) is 1. The van der Waals surface area contributed by atoms with Gasteiger partial charge in [0.25, 0.3) is 0 Å². The Balaban J connectivity index is 2.05. The Kier molecular flexibility index (Phi) is 3.75. The lowest BCUT2D eigenvalue weighted by Gasteiger charge is -2.07. The summed E-state index contributed by atoms with van der Waals surface area (Å²) in [4.78, 5) is 15.8. The fourth-order valence-corrected chi connectivity index (χ4v) is 1.64. The van der Waals surface area contributed by atoms with E-state index in [4.69, 9.17) is 10.5 Å². The Morgan fingerprint density at radius 3 is 2.84 bits per heavy atom. The highest BCUT2D eigenvalue weighted by molar-refractivity contribution is 5.94. The largest absolute Gasteiger partial charge is 0.457 e. The van der Waals surface area contributed by atoms with Gasteiger partial charge in [0, 0.05) is 23.6 Å². The molecule has 0 atom stereocenters. The summed E-state index contributed by atoms with van der Waals surface area (Å²) in [5.74, 6) is -1.07. The number of hydrogen-bond donors (Lipinski definition) is 1. The van der Waals surface area contributed by atoms with Gasteiger partial charge < -0.3 is 10.5 Å². The fraction of sp³-hybridized carbons (Fsp3) is 0.143. The highest BCUT2D eigenvalue weighted by Gasteiger charge is 2.12. The van der Waals surface area contributed by atoms with E-state index in [9.17, 15) is 9.18 Å². The van der Waals surface area contributed by atoms with E-state index in [0.717, 1.165) is 17.2 Å². The minimum Gasteiger partial charge on any atom is -0.457 e. The lowest BCUT2D eigenvalue weighted by molar-refractivity contribution is 0.0473. The zero-order valence-corrected chi connectivity index (χ0v) is 10.4. The van der Waals surface area contributed by atoms with E-state index in [-0.39, 0.29) is 17.9 Å². The number of aryl methyl sites for hydroxylation is 1. The molecule has 1 aromatic carbocycles. The zero-order valence-electron chi connectivity index (χ0n) is 10.4. The molecule has 0 aliphatic rings. The van der Waals surface area contributed by atoms with E-state index < -0.39 is 11.8 Å². The smallest absolute Gasteiger partial charge is 0.340 e. The molecule has 2 N–H and O–H groups in total. The van der Waals surface area contributed by atoms with Crippen LogP contribution in [0.3, 0.4) is 0 Å². The van der Waals surface area contributed by atoms with E-state index in [1.807, 2.05) is 13.0 Å². The molecule has 0 spiro atoms. The first-order valence-corrected chi connectivity index (χ1v) is 5.69. The highest BCUT2D eigenvalue weighted by Crippen LogP contribution is 2.15. The summed E-state index contributed by atoms with van der Waals surface area (Å²) in [7, 11) is 0. The van der Waals surface area contributed by atoms with Gasteiger partial charge in [-0.25, -0.2) is 9.18 Å². The summed E-state index contributed by atoms with van der Waals surface area (Å²) in [6.07, 6.45) is 3.33. The molecule has 0 radical (unpaired) electrons. The molecule has 0 aliphatic heterocycles. The van der Waals surface area contributed by atoms with Crippen LogP contribution in [0.1, 0.15) is 21.5 Å². The molecule has 4 nitrogen and oxygen atoms in total. The second-order valence-electron chi connectivity index (χ2n) is 4.18. The zero-order chi connectivity index (χ0) is 13.8. The number of aromatic nitrogens is 1. The monoisotopic (exact) mass is 260 g/mol. The van der Waals surface area contributed by atoms with Crippen molar-refractivity contribution in [2.75, 3.05) is 5.73 Å². The van der Waals surface area contributed by atoms with Gasteiger partial charge in [0.15, 0.2) is 0 Å². The van der Waals surface area contributed by atoms with Crippen LogP contribution >= 0.6 is 0 Å². The number of rotatable bonds is 3. The number of esters is 1. The Morgan fingerprint density at radius 2 is 2.16 bits per heavy atom. The Hall–Kier alpha value is -2.43. The Labute approximate surface area is 110 Å². The molecule has 1 heterocycles. The molecule has 0 saturated carbocycles. The van der Waals surface area contributed by atoms with Gasteiger partial charge in [-0.2, -0.15) is 0 Å². The minimum atomic E-state index is -0.584. The lowest BCUT2D eigenvalue weighted by Crippen LogP contribution is -2.08. The summed E-state index contributed by atoms with van der Waals surface area (Å²) in [5.41, 5.74) is 7.55. The van der Waals surface area contributed by atoms with Crippen molar-refractivity contribution in [2.24, 2.45) is 0 Å². The van der Waals surface area contributed by atoms with Gasteiger partial charge >= 0.3 is 5.97 Å². The molecule has 2 rings (SSSR count). The molecule has 0 saturated heterocycles. The quantitative estimate of drug-likeness (QED) is 0.680. The number of halogens is 1. The SMILES string of the molecule is Cc1cncc(COC(=O)c2ccc(F)cc2N)c1. The number of nitrogen functional groups attached to an aromatic ring is 1. The second kappa shape index (κ2) is 5.48. The lowest BCUT2D eigenvalue weighted by atomic mass is 10.2. The van der Waals surface area contributed by atoms with Crippen LogP contribution in [0.25, 0.3) is 0 Å². The van der Waals surface area contributed by atoms with Crippen molar-refractivity contribution in [3.8, 4) is 0 Å². The van der Waals surface area contributed by atoms with Crippen LogP contribution in [0.15, 0.2) is 36.7 Å². The van der Waals surface area contributed by atoms with Crippen molar-refractivity contribution in [1.29, 1.82) is 0 Å². The van der Waals surface area contributed by atoms with Gasteiger partial charge in [0.05, 0.1) is 5.56 Å². The van der Waals surface area contributed by atoms with Gasteiger partial charge in [-0.1, -0.05) is 0 Å². The van der Waals surface area contributed by atoms with Crippen LogP contribution in [0, 0.1) is 12.7 Å². The molecular weight excluding hydrogens is 247 g/mol. The maximum atomic E-state index is 12.9. The van der Waals surface area contributed by atoms with Crippen LogP contribution in [0.2, 0.25) is 0 Å². The molecule has 0 bridgehead atoms. The van der Waals surface area contributed by atoms with Crippen molar-refractivity contribution in [1.82, 2.24) is 4.98 Å². The molecule has 1 aromatic heterocycles. The second-order valence-corrected chi connectivity index (χ2v) is 4.18. The molecule has 19 heavy (non-hydrogen) atoms. The number of nitrogens with two attached hydrogens (primary N) is 1. The number of anilines is 1. The topological polar surface area (TPSA) is 65.2 Å². The van der Waals surface area contributed by atoms with E-state index in [1.165, 1.54) is 12.1 Å². The molecule has 0 aliphatic carbocycles. The van der Waals surface area contributed by atoms with Gasteiger partial charge in [-0.3, -0.25) is 4.98 Å². The summed E-state index contributed by atoms with van der Waals surface area (Å²) in [5, 5.41) is 0. The van der Waals surface area contributed by atoms with Gasteiger partial charge in [-0.05, 0) is 36.8 Å². The van der Waals surface area contributed by atoms with Crippen LogP contribution in [-0.4, -0.2) is 11.0 Å². The standard InChI is InChI=1S/C14H13FN2O2/c1-9-4-10(7-17-6-9)8-19-14(18)12-3-2-11(15)5-13(12)16/h2-7H,8,16H2,1H3. The molecular formula is C14H13FN2O2. The van der Waals surface area contributed by atoms with Crippen LogP contribution < -0.4 is 5.73 Å². The number of pyridine rings is 1. The third kappa shape index (κ3) is 3.28. The number of carbonyl (C=O) groups is 1. The summed E-state index contributed by atoms with van der Waals surface area (Å²) < 4.78 is 18.0. The van der Waals surface area contributed by atoms with E-state index in [1.54, 1.807) is 12.4 Å². The normalized spacial score (nSPS) is 10.2. The number of nitrogens with zero attached hydrogens (tertiary/aromatic N) is 1. The molecule has 0 amide bonds. The summed E-state index contributed by atoms with van der Waals surface area (Å²) in [6.45, 7) is 2.00. The van der Waals surface area contributed by atoms with Gasteiger partial charge in [0.1, 0.15) is 12.4 Å². The van der Waals surface area contributed by atoms with Crippen molar-refractivity contribution < 1.29 is 13.9 Å². The first-order valence-electron chi connectivity index (χ1n) is 5.69. The third-order valence-electron chi connectivity index (χ3n) is 2.54. The number of benzene rings is 1. The van der Waals surface area contributed by atoms with Crippen LogP contribution in [0.5, 0.6) is 0 Å². The number of hydrogen-bond acceptors (Lipinski definition) is 4. The third-order valence-corrected chi connectivity index (χ3v) is 2.54. The summed E-state index contributed by atoms with van der Waals surface area (Å²) >= 11 is 0. The van der Waals surface area contributed by atoms with E-state index in [2.05, 4.69) is 4.98 Å². The predicted molar refractivity (Wildman–Crippen MR) is 68.9 cm³/mol. The molecule has 0 unspecified atom stereocenters. The molecule has 0 fully saturated rings. The average Bonchev–Trinajstić information content (AvgIpc) is 2.36. The Morgan fingerprint density at radius 1 is 1.37 bits per heavy atom. The highest BCUT2D eigenvalue weighted by atomic mass is 19.1. The van der Waals surface area contributed by atoms with Crippen molar-refractivity contribution >= 4 is 11.7 Å². The molecule has 2 aromatic rings. The van der Waals surface area contributed by atoms with E-state index >= 15 is 0 Å². The number of carbonyl (C=O) groups excluding carboxylic acids is 1. The first kappa shape index (κ1) is 13.0. The van der Waals surface area contributed by atoms with Gasteiger partial charge in [-0.15, -0.1) is 0 Å². The maximum Gasteiger partial charge on any atom is 0.340 e. The Bertz CT molecular complexity index is 614. The van der Waals surface area contributed by atoms with Crippen molar-refractivity contribution in [3.63, 3.8) is 0 Å². The van der Waals surface area contributed by atoms with Crippen LogP contribution in [0.4, 0.5) is 10.1 Å². The maximum absolute atomic E-state index is 12.9. The molecule has 5 heteroatoms. The van der Waals surface area contributed by atoms with Crippen molar-refractivity contribution in [3.05, 3.63) is 59.2 Å². The van der Waals surface area contributed by atoms with Crippen LogP contribution in [-0.2, 0) is 11.3 Å². The predicted octanol–water partition coefficient (Wildman–Crippen LogP) is 2.47. The summed E-state index contributed by atoms with van der Waals surface area (Å²) in [6, 6.07) is 5.43. The average molecular weight is 260 g/mol. The van der Waals surface area contributed by atoms with E-state index in [0.29, 0.717) is 0 Å². The fourth-order valence-electron chi connectivity index (χ4n) is 1.64. The van der Waals surface area contributed by atoms with Crippen molar-refractivity contribution in [2.45, 2.75) is 13.5 Å². The van der Waals surface area contributed by atoms with Gasteiger partial charge in [0.2, 0.25) is 0 Å². The molecule has 98 valence electrons. The minimum absolute atomic E-state index is 0.0624.